The van der Waals surface area contributed by atoms with Gasteiger partial charge in [0.2, 0.25) is 0 Å². The summed E-state index contributed by atoms with van der Waals surface area (Å²) < 4.78 is 0. The van der Waals surface area contributed by atoms with Crippen molar-refractivity contribution in [3.63, 3.8) is 0 Å². The molecule has 2 heterocycles. The molecular formula is C11H16N2O. The molecule has 0 atom stereocenters. The number of hydrogen-bond donors (Lipinski definition) is 1. The second-order valence-corrected chi connectivity index (χ2v) is 3.88. The van der Waals surface area contributed by atoms with Gasteiger partial charge in [-0.1, -0.05) is 0 Å². The van der Waals surface area contributed by atoms with Crippen molar-refractivity contribution in [2.24, 2.45) is 0 Å². The van der Waals surface area contributed by atoms with E-state index in [2.05, 4.69) is 16.8 Å². The van der Waals surface area contributed by atoms with Crippen molar-refractivity contribution in [2.75, 3.05) is 18.0 Å². The summed E-state index contributed by atoms with van der Waals surface area (Å²) in [5, 5.41) is 9.40. The zero-order valence-electron chi connectivity index (χ0n) is 8.48. The van der Waals surface area contributed by atoms with Crippen molar-refractivity contribution < 1.29 is 5.11 Å². The van der Waals surface area contributed by atoms with Crippen LogP contribution in [0, 0.1) is 6.92 Å². The maximum atomic E-state index is 9.40. The second kappa shape index (κ2) is 3.96. The number of piperidine rings is 1. The van der Waals surface area contributed by atoms with Gasteiger partial charge in [-0.05, 0) is 31.4 Å². The third-order valence-corrected chi connectivity index (χ3v) is 2.80. The Labute approximate surface area is 84.4 Å². The monoisotopic (exact) mass is 192 g/mol. The molecule has 0 radical (unpaired) electrons. The van der Waals surface area contributed by atoms with E-state index in [4.69, 9.17) is 0 Å². The number of aliphatic hydroxyl groups excluding tert-OH is 1. The maximum Gasteiger partial charge on any atom is 0.0574 e. The molecule has 1 N–H and O–H groups in total. The van der Waals surface area contributed by atoms with E-state index in [0.29, 0.717) is 0 Å². The molecule has 1 aromatic rings. The second-order valence-electron chi connectivity index (χ2n) is 3.88. The number of anilines is 1. The molecule has 1 saturated heterocycles. The molecule has 0 aliphatic carbocycles. The van der Waals surface area contributed by atoms with Gasteiger partial charge in [0.1, 0.15) is 0 Å². The fourth-order valence-corrected chi connectivity index (χ4v) is 1.93. The molecule has 0 bridgehead atoms. The number of hydrogen-bond acceptors (Lipinski definition) is 3. The average molecular weight is 192 g/mol. The van der Waals surface area contributed by atoms with Gasteiger partial charge in [-0.25, -0.2) is 0 Å². The number of nitrogens with zero attached hydrogens (tertiary/aromatic N) is 2. The first kappa shape index (κ1) is 9.46. The molecule has 2 rings (SSSR count). The fraction of sp³-hybridized carbons (Fsp3) is 0.545. The molecule has 1 aliphatic rings. The highest BCUT2D eigenvalue weighted by Crippen LogP contribution is 2.22. The van der Waals surface area contributed by atoms with E-state index in [0.717, 1.165) is 25.9 Å². The summed E-state index contributed by atoms with van der Waals surface area (Å²) in [4.78, 5) is 6.40. The molecule has 0 unspecified atom stereocenters. The molecule has 0 amide bonds. The number of rotatable bonds is 1. The van der Waals surface area contributed by atoms with Crippen LogP contribution in [0.4, 0.5) is 5.69 Å². The van der Waals surface area contributed by atoms with Crippen molar-refractivity contribution in [2.45, 2.75) is 25.9 Å². The summed E-state index contributed by atoms with van der Waals surface area (Å²) in [5.74, 6) is 0. The predicted octanol–water partition coefficient (Wildman–Crippen LogP) is 1.35. The molecule has 1 fully saturated rings. The largest absolute Gasteiger partial charge is 0.393 e. The lowest BCUT2D eigenvalue weighted by molar-refractivity contribution is 0.145. The smallest absolute Gasteiger partial charge is 0.0574 e. The first-order valence-electron chi connectivity index (χ1n) is 5.11. The molecule has 76 valence electrons. The van der Waals surface area contributed by atoms with Gasteiger partial charge in [0.25, 0.3) is 0 Å². The van der Waals surface area contributed by atoms with E-state index in [1.165, 1.54) is 11.3 Å². The lowest BCUT2D eigenvalue weighted by Crippen LogP contribution is -2.36. The van der Waals surface area contributed by atoms with Crippen LogP contribution in [0.1, 0.15) is 18.4 Å². The fourth-order valence-electron chi connectivity index (χ4n) is 1.93. The predicted molar refractivity (Wildman–Crippen MR) is 56.4 cm³/mol. The van der Waals surface area contributed by atoms with Crippen molar-refractivity contribution in [3.05, 3.63) is 24.0 Å². The minimum absolute atomic E-state index is 0.103. The summed E-state index contributed by atoms with van der Waals surface area (Å²) in [6.45, 7) is 3.98. The zero-order valence-corrected chi connectivity index (χ0v) is 8.48. The summed E-state index contributed by atoms with van der Waals surface area (Å²) in [6.07, 6.45) is 5.37. The van der Waals surface area contributed by atoms with Crippen LogP contribution in [0.5, 0.6) is 0 Å². The van der Waals surface area contributed by atoms with E-state index in [1.54, 1.807) is 0 Å². The summed E-state index contributed by atoms with van der Waals surface area (Å²) in [6, 6.07) is 2.05. The molecule has 0 spiro atoms. The third kappa shape index (κ3) is 1.87. The van der Waals surface area contributed by atoms with E-state index in [9.17, 15) is 5.11 Å². The molecule has 3 heteroatoms. The molecule has 0 aromatic carbocycles. The van der Waals surface area contributed by atoms with E-state index in [-0.39, 0.29) is 6.10 Å². The van der Waals surface area contributed by atoms with Crippen LogP contribution < -0.4 is 4.90 Å². The third-order valence-electron chi connectivity index (χ3n) is 2.80. The quantitative estimate of drug-likeness (QED) is 0.729. The normalized spacial score (nSPS) is 18.6. The Morgan fingerprint density at radius 2 is 2.14 bits per heavy atom. The molecule has 3 nitrogen and oxygen atoms in total. The number of aromatic nitrogens is 1. The van der Waals surface area contributed by atoms with E-state index in [1.807, 2.05) is 18.5 Å². The van der Waals surface area contributed by atoms with Crippen molar-refractivity contribution in [1.82, 2.24) is 4.98 Å². The summed E-state index contributed by atoms with van der Waals surface area (Å²) in [5.41, 5.74) is 2.47. The number of pyridine rings is 1. The lowest BCUT2D eigenvalue weighted by Gasteiger charge is -2.32. The summed E-state index contributed by atoms with van der Waals surface area (Å²) >= 11 is 0. The van der Waals surface area contributed by atoms with Gasteiger partial charge in [0.15, 0.2) is 0 Å². The molecule has 1 aromatic heterocycles. The first-order chi connectivity index (χ1) is 6.77. The van der Waals surface area contributed by atoms with Crippen LogP contribution in [0.3, 0.4) is 0 Å². The highest BCUT2D eigenvalue weighted by atomic mass is 16.3. The minimum Gasteiger partial charge on any atom is -0.393 e. The Morgan fingerprint density at radius 1 is 1.43 bits per heavy atom. The van der Waals surface area contributed by atoms with Gasteiger partial charge < -0.3 is 10.0 Å². The van der Waals surface area contributed by atoms with Crippen molar-refractivity contribution in [3.8, 4) is 0 Å². The first-order valence-corrected chi connectivity index (χ1v) is 5.11. The van der Waals surface area contributed by atoms with Crippen LogP contribution in [0.15, 0.2) is 18.5 Å². The Balaban J connectivity index is 2.12. The van der Waals surface area contributed by atoms with Gasteiger partial charge >= 0.3 is 0 Å². The van der Waals surface area contributed by atoms with Gasteiger partial charge in [-0.15, -0.1) is 0 Å². The minimum atomic E-state index is -0.103. The van der Waals surface area contributed by atoms with Crippen molar-refractivity contribution in [1.29, 1.82) is 0 Å². The average Bonchev–Trinajstić information content (AvgIpc) is 2.20. The highest BCUT2D eigenvalue weighted by molar-refractivity contribution is 5.51. The Morgan fingerprint density at radius 3 is 2.79 bits per heavy atom. The van der Waals surface area contributed by atoms with Gasteiger partial charge in [0, 0.05) is 31.2 Å². The Hall–Kier alpha value is -1.09. The molecule has 14 heavy (non-hydrogen) atoms. The van der Waals surface area contributed by atoms with Crippen molar-refractivity contribution >= 4 is 5.69 Å². The maximum absolute atomic E-state index is 9.40. The van der Waals surface area contributed by atoms with Gasteiger partial charge in [0.05, 0.1) is 6.10 Å². The highest BCUT2D eigenvalue weighted by Gasteiger charge is 2.17. The Kier molecular flexibility index (Phi) is 2.68. The number of aryl methyl sites for hydroxylation is 1. The molecule has 1 aliphatic heterocycles. The SMILES string of the molecule is Cc1cnccc1N1CCC(O)CC1. The number of aliphatic hydroxyl groups is 1. The molecular weight excluding hydrogens is 176 g/mol. The Bertz CT molecular complexity index is 306. The zero-order chi connectivity index (χ0) is 9.97. The van der Waals surface area contributed by atoms with Crippen LogP contribution in [0.25, 0.3) is 0 Å². The van der Waals surface area contributed by atoms with Crippen LogP contribution in [-0.4, -0.2) is 29.3 Å². The van der Waals surface area contributed by atoms with Crippen LogP contribution in [-0.2, 0) is 0 Å². The summed E-state index contributed by atoms with van der Waals surface area (Å²) in [7, 11) is 0. The van der Waals surface area contributed by atoms with E-state index >= 15 is 0 Å². The topological polar surface area (TPSA) is 36.4 Å². The standard InChI is InChI=1S/C11H16N2O/c1-9-8-12-5-2-11(9)13-6-3-10(14)4-7-13/h2,5,8,10,14H,3-4,6-7H2,1H3. The van der Waals surface area contributed by atoms with Crippen LogP contribution in [0.2, 0.25) is 0 Å². The molecule has 0 saturated carbocycles. The van der Waals surface area contributed by atoms with Crippen LogP contribution >= 0.6 is 0 Å². The van der Waals surface area contributed by atoms with Gasteiger partial charge in [-0.2, -0.15) is 0 Å². The van der Waals surface area contributed by atoms with Gasteiger partial charge in [-0.3, -0.25) is 4.98 Å². The lowest BCUT2D eigenvalue weighted by atomic mass is 10.1. The van der Waals surface area contributed by atoms with E-state index < -0.39 is 0 Å².